The normalized spacial score (nSPS) is 20.7. The van der Waals surface area contributed by atoms with Gasteiger partial charge in [0.25, 0.3) is 0 Å². The van der Waals surface area contributed by atoms with Crippen LogP contribution in [0.5, 0.6) is 6.01 Å². The second kappa shape index (κ2) is 5.42. The van der Waals surface area contributed by atoms with E-state index in [1.54, 1.807) is 6.92 Å². The molecule has 19 heavy (non-hydrogen) atoms. The Hall–Kier alpha value is -1.21. The van der Waals surface area contributed by atoms with Gasteiger partial charge in [-0.25, -0.2) is 18.4 Å². The number of aryl methyl sites for hydroxylation is 2. The van der Waals surface area contributed by atoms with Crippen LogP contribution in [-0.2, 0) is 10.0 Å². The summed E-state index contributed by atoms with van der Waals surface area (Å²) in [6, 6.07) is 2.20. The van der Waals surface area contributed by atoms with Crippen molar-refractivity contribution in [2.24, 2.45) is 0 Å². The highest BCUT2D eigenvalue weighted by molar-refractivity contribution is 7.89. The first kappa shape index (κ1) is 14.2. The number of ether oxygens (including phenoxy) is 1. The SMILES string of the molecule is CCS(=O)(=O)N1CC[C@H](Oc2nc(C)cc(C)n2)C1. The van der Waals surface area contributed by atoms with Crippen LogP contribution in [0.1, 0.15) is 24.7 Å². The fraction of sp³-hybridized carbons (Fsp3) is 0.667. The smallest absolute Gasteiger partial charge is 0.317 e. The van der Waals surface area contributed by atoms with Crippen LogP contribution < -0.4 is 4.74 Å². The zero-order valence-electron chi connectivity index (χ0n) is 11.5. The third kappa shape index (κ3) is 3.42. The average Bonchev–Trinajstić information content (AvgIpc) is 2.77. The van der Waals surface area contributed by atoms with Gasteiger partial charge in [0.05, 0.1) is 12.3 Å². The molecule has 0 radical (unpaired) electrons. The number of sulfonamides is 1. The first-order chi connectivity index (χ1) is 8.90. The fourth-order valence-corrected chi connectivity index (χ4v) is 3.27. The predicted molar refractivity (Wildman–Crippen MR) is 71.6 cm³/mol. The Labute approximate surface area is 113 Å². The summed E-state index contributed by atoms with van der Waals surface area (Å²) in [6.07, 6.45) is 0.512. The molecule has 1 saturated heterocycles. The average molecular weight is 285 g/mol. The Morgan fingerprint density at radius 2 is 2.00 bits per heavy atom. The van der Waals surface area contributed by atoms with Crippen molar-refractivity contribution < 1.29 is 13.2 Å². The van der Waals surface area contributed by atoms with Crippen molar-refractivity contribution in [3.8, 4) is 6.01 Å². The summed E-state index contributed by atoms with van der Waals surface area (Å²) in [6.45, 7) is 6.29. The summed E-state index contributed by atoms with van der Waals surface area (Å²) >= 11 is 0. The Bertz CT molecular complexity index is 539. The molecule has 1 aliphatic heterocycles. The molecule has 0 aromatic carbocycles. The maximum atomic E-state index is 11.7. The number of rotatable bonds is 4. The van der Waals surface area contributed by atoms with Gasteiger partial charge in [-0.3, -0.25) is 0 Å². The highest BCUT2D eigenvalue weighted by atomic mass is 32.2. The largest absolute Gasteiger partial charge is 0.459 e. The van der Waals surface area contributed by atoms with Crippen LogP contribution in [-0.4, -0.2) is 47.6 Å². The van der Waals surface area contributed by atoms with E-state index in [0.29, 0.717) is 25.5 Å². The van der Waals surface area contributed by atoms with Crippen molar-refractivity contribution >= 4 is 10.0 Å². The lowest BCUT2D eigenvalue weighted by Gasteiger charge is -2.15. The molecule has 0 unspecified atom stereocenters. The maximum Gasteiger partial charge on any atom is 0.317 e. The lowest BCUT2D eigenvalue weighted by atomic mass is 10.3. The fourth-order valence-electron chi connectivity index (χ4n) is 2.12. The molecule has 0 aliphatic carbocycles. The third-order valence-corrected chi connectivity index (χ3v) is 4.95. The minimum atomic E-state index is -3.13. The van der Waals surface area contributed by atoms with Gasteiger partial charge in [0, 0.05) is 17.9 Å². The standard InChI is InChI=1S/C12H19N3O3S/c1-4-19(16,17)15-6-5-11(8-15)18-12-13-9(2)7-10(3)14-12/h7,11H,4-6,8H2,1-3H3/t11-/m0/s1. The van der Waals surface area contributed by atoms with Crippen LogP contribution in [0.2, 0.25) is 0 Å². The summed E-state index contributed by atoms with van der Waals surface area (Å²) < 4.78 is 30.6. The lowest BCUT2D eigenvalue weighted by molar-refractivity contribution is 0.197. The van der Waals surface area contributed by atoms with E-state index in [0.717, 1.165) is 11.4 Å². The molecule has 1 aliphatic rings. The Morgan fingerprint density at radius 3 is 2.58 bits per heavy atom. The van der Waals surface area contributed by atoms with Crippen molar-refractivity contribution in [3.63, 3.8) is 0 Å². The molecule has 1 fully saturated rings. The van der Waals surface area contributed by atoms with Gasteiger partial charge in [-0.15, -0.1) is 0 Å². The Kier molecular flexibility index (Phi) is 4.05. The molecule has 106 valence electrons. The van der Waals surface area contributed by atoms with E-state index >= 15 is 0 Å². The Morgan fingerprint density at radius 1 is 1.37 bits per heavy atom. The van der Waals surface area contributed by atoms with Crippen LogP contribution >= 0.6 is 0 Å². The van der Waals surface area contributed by atoms with Crippen LogP contribution in [0.25, 0.3) is 0 Å². The van der Waals surface area contributed by atoms with Crippen molar-refractivity contribution in [1.29, 1.82) is 0 Å². The van der Waals surface area contributed by atoms with E-state index < -0.39 is 10.0 Å². The van der Waals surface area contributed by atoms with Crippen LogP contribution in [0.15, 0.2) is 6.07 Å². The zero-order valence-corrected chi connectivity index (χ0v) is 12.3. The van der Waals surface area contributed by atoms with Gasteiger partial charge < -0.3 is 4.74 Å². The zero-order chi connectivity index (χ0) is 14.0. The van der Waals surface area contributed by atoms with Gasteiger partial charge in [-0.2, -0.15) is 4.31 Å². The van der Waals surface area contributed by atoms with Crippen molar-refractivity contribution in [3.05, 3.63) is 17.5 Å². The molecule has 2 heterocycles. The van der Waals surface area contributed by atoms with Gasteiger partial charge >= 0.3 is 6.01 Å². The minimum absolute atomic E-state index is 0.125. The summed E-state index contributed by atoms with van der Waals surface area (Å²) in [5, 5.41) is 0. The van der Waals surface area contributed by atoms with Crippen LogP contribution in [0.4, 0.5) is 0 Å². The molecule has 0 N–H and O–H groups in total. The van der Waals surface area contributed by atoms with Crippen LogP contribution in [0, 0.1) is 13.8 Å². The van der Waals surface area contributed by atoms with E-state index in [1.807, 2.05) is 19.9 Å². The number of nitrogens with zero attached hydrogens (tertiary/aromatic N) is 3. The topological polar surface area (TPSA) is 72.4 Å². The van der Waals surface area contributed by atoms with Crippen molar-refractivity contribution in [2.45, 2.75) is 33.3 Å². The molecule has 0 spiro atoms. The lowest BCUT2D eigenvalue weighted by Crippen LogP contribution is -2.32. The summed E-state index contributed by atoms with van der Waals surface area (Å²) in [4.78, 5) is 8.41. The highest BCUT2D eigenvalue weighted by Gasteiger charge is 2.31. The van der Waals surface area contributed by atoms with Gasteiger partial charge in [0.2, 0.25) is 10.0 Å². The Balaban J connectivity index is 2.02. The van der Waals surface area contributed by atoms with E-state index in [-0.39, 0.29) is 11.9 Å². The monoisotopic (exact) mass is 285 g/mol. The maximum absolute atomic E-state index is 11.7. The first-order valence-electron chi connectivity index (χ1n) is 6.37. The summed E-state index contributed by atoms with van der Waals surface area (Å²) in [5.41, 5.74) is 1.69. The molecule has 0 amide bonds. The van der Waals surface area contributed by atoms with Gasteiger partial charge in [0.15, 0.2) is 0 Å². The van der Waals surface area contributed by atoms with Crippen molar-refractivity contribution in [2.75, 3.05) is 18.8 Å². The third-order valence-electron chi connectivity index (χ3n) is 3.10. The van der Waals surface area contributed by atoms with E-state index in [1.165, 1.54) is 4.31 Å². The second-order valence-corrected chi connectivity index (χ2v) is 6.98. The molecule has 0 bridgehead atoms. The molecule has 1 atom stereocenters. The number of hydrogen-bond donors (Lipinski definition) is 0. The molecule has 6 nitrogen and oxygen atoms in total. The van der Waals surface area contributed by atoms with E-state index in [4.69, 9.17) is 4.74 Å². The second-order valence-electron chi connectivity index (χ2n) is 4.72. The molecule has 1 aromatic heterocycles. The molecule has 2 rings (SSSR count). The van der Waals surface area contributed by atoms with Gasteiger partial charge in [-0.1, -0.05) is 0 Å². The quantitative estimate of drug-likeness (QED) is 0.821. The number of hydrogen-bond acceptors (Lipinski definition) is 5. The minimum Gasteiger partial charge on any atom is -0.459 e. The predicted octanol–water partition coefficient (Wildman–Crippen LogP) is 0.896. The van der Waals surface area contributed by atoms with Gasteiger partial charge in [-0.05, 0) is 33.3 Å². The van der Waals surface area contributed by atoms with Gasteiger partial charge in [0.1, 0.15) is 6.10 Å². The highest BCUT2D eigenvalue weighted by Crippen LogP contribution is 2.18. The molecular weight excluding hydrogens is 266 g/mol. The van der Waals surface area contributed by atoms with E-state index in [9.17, 15) is 8.42 Å². The molecule has 7 heteroatoms. The summed E-state index contributed by atoms with van der Waals surface area (Å²) in [7, 11) is -3.13. The molecule has 1 aromatic rings. The van der Waals surface area contributed by atoms with E-state index in [2.05, 4.69) is 9.97 Å². The molecular formula is C12H19N3O3S. The first-order valence-corrected chi connectivity index (χ1v) is 7.98. The molecule has 0 saturated carbocycles. The van der Waals surface area contributed by atoms with Crippen LogP contribution in [0.3, 0.4) is 0 Å². The summed E-state index contributed by atoms with van der Waals surface area (Å²) in [5.74, 6) is 0.125. The number of aromatic nitrogens is 2. The van der Waals surface area contributed by atoms with Crippen molar-refractivity contribution in [1.82, 2.24) is 14.3 Å².